The van der Waals surface area contributed by atoms with Crippen LogP contribution in [0, 0.1) is 11.8 Å². The van der Waals surface area contributed by atoms with E-state index >= 15 is 0 Å². The fraction of sp³-hybridized carbons (Fsp3) is 0.923. The van der Waals surface area contributed by atoms with E-state index in [0.29, 0.717) is 11.8 Å². The minimum Gasteiger partial charge on any atom is -0.461 e. The van der Waals surface area contributed by atoms with Crippen LogP contribution >= 0.6 is 0 Å². The van der Waals surface area contributed by atoms with Gasteiger partial charge in [-0.05, 0) is 44.1 Å². The summed E-state index contributed by atoms with van der Waals surface area (Å²) in [5, 5.41) is 3.24. The SMILES string of the molecule is CC1CCCCC1OC(=O)C1NCCC1C. The highest BCUT2D eigenvalue weighted by Crippen LogP contribution is 2.27. The average molecular weight is 225 g/mol. The van der Waals surface area contributed by atoms with Crippen molar-refractivity contribution >= 4 is 5.97 Å². The van der Waals surface area contributed by atoms with Crippen molar-refractivity contribution in [1.82, 2.24) is 5.32 Å². The van der Waals surface area contributed by atoms with E-state index in [0.717, 1.165) is 19.4 Å². The van der Waals surface area contributed by atoms with Crippen molar-refractivity contribution in [3.8, 4) is 0 Å². The van der Waals surface area contributed by atoms with Gasteiger partial charge in [0.2, 0.25) is 0 Å². The Morgan fingerprint density at radius 3 is 2.50 bits per heavy atom. The molecule has 3 nitrogen and oxygen atoms in total. The molecule has 1 aliphatic heterocycles. The van der Waals surface area contributed by atoms with Crippen LogP contribution in [-0.2, 0) is 9.53 Å². The third-order valence-corrected chi connectivity index (χ3v) is 4.09. The van der Waals surface area contributed by atoms with E-state index < -0.39 is 0 Å². The fourth-order valence-electron chi connectivity index (χ4n) is 2.83. The molecule has 16 heavy (non-hydrogen) atoms. The molecule has 0 aromatic rings. The topological polar surface area (TPSA) is 38.3 Å². The zero-order chi connectivity index (χ0) is 11.5. The molecule has 0 aromatic heterocycles. The van der Waals surface area contributed by atoms with Crippen LogP contribution < -0.4 is 5.32 Å². The number of carbonyl (C=O) groups excluding carboxylic acids is 1. The van der Waals surface area contributed by atoms with E-state index in [9.17, 15) is 4.79 Å². The van der Waals surface area contributed by atoms with Crippen LogP contribution in [0.2, 0.25) is 0 Å². The molecule has 1 heterocycles. The molecule has 1 saturated carbocycles. The van der Waals surface area contributed by atoms with Crippen LogP contribution in [-0.4, -0.2) is 24.7 Å². The van der Waals surface area contributed by atoms with Crippen molar-refractivity contribution in [2.75, 3.05) is 6.54 Å². The van der Waals surface area contributed by atoms with Gasteiger partial charge >= 0.3 is 5.97 Å². The fourth-order valence-corrected chi connectivity index (χ4v) is 2.83. The van der Waals surface area contributed by atoms with Gasteiger partial charge in [0.05, 0.1) is 0 Å². The maximum Gasteiger partial charge on any atom is 0.323 e. The number of esters is 1. The largest absolute Gasteiger partial charge is 0.461 e. The number of rotatable bonds is 2. The number of nitrogens with one attached hydrogen (secondary N) is 1. The molecule has 3 heteroatoms. The number of ether oxygens (including phenoxy) is 1. The van der Waals surface area contributed by atoms with Crippen molar-refractivity contribution in [1.29, 1.82) is 0 Å². The van der Waals surface area contributed by atoms with Gasteiger partial charge in [-0.25, -0.2) is 0 Å². The lowest BCUT2D eigenvalue weighted by Gasteiger charge is -2.29. The summed E-state index contributed by atoms with van der Waals surface area (Å²) in [7, 11) is 0. The second kappa shape index (κ2) is 5.17. The predicted molar refractivity (Wildman–Crippen MR) is 63.1 cm³/mol. The first-order valence-corrected chi connectivity index (χ1v) is 6.62. The van der Waals surface area contributed by atoms with E-state index in [1.165, 1.54) is 19.3 Å². The van der Waals surface area contributed by atoms with Crippen LogP contribution in [0.5, 0.6) is 0 Å². The molecule has 0 spiro atoms. The summed E-state index contributed by atoms with van der Waals surface area (Å²) in [6.07, 6.45) is 5.99. The smallest absolute Gasteiger partial charge is 0.323 e. The molecular formula is C13H23NO2. The van der Waals surface area contributed by atoms with Crippen molar-refractivity contribution in [2.45, 2.75) is 58.1 Å². The van der Waals surface area contributed by atoms with Gasteiger partial charge in [0.1, 0.15) is 12.1 Å². The molecule has 1 aliphatic carbocycles. The molecule has 0 bridgehead atoms. The van der Waals surface area contributed by atoms with Gasteiger partial charge in [-0.2, -0.15) is 0 Å². The Bertz CT molecular complexity index is 254. The second-order valence-electron chi connectivity index (χ2n) is 5.43. The standard InChI is InChI=1S/C13H23NO2/c1-9-5-3-4-6-11(9)16-13(15)12-10(2)7-8-14-12/h9-12,14H,3-8H2,1-2H3. The van der Waals surface area contributed by atoms with Gasteiger partial charge in [-0.1, -0.05) is 20.3 Å². The lowest BCUT2D eigenvalue weighted by atomic mass is 9.88. The van der Waals surface area contributed by atoms with Gasteiger partial charge < -0.3 is 10.1 Å². The van der Waals surface area contributed by atoms with E-state index in [2.05, 4.69) is 19.2 Å². The molecule has 1 saturated heterocycles. The summed E-state index contributed by atoms with van der Waals surface area (Å²) in [5.74, 6) is 0.935. The highest BCUT2D eigenvalue weighted by Gasteiger charge is 2.33. The highest BCUT2D eigenvalue weighted by atomic mass is 16.5. The summed E-state index contributed by atoms with van der Waals surface area (Å²) in [4.78, 5) is 12.0. The Kier molecular flexibility index (Phi) is 3.85. The lowest BCUT2D eigenvalue weighted by molar-refractivity contribution is -0.156. The van der Waals surface area contributed by atoms with E-state index in [4.69, 9.17) is 4.74 Å². The number of hydrogen-bond donors (Lipinski definition) is 1. The summed E-state index contributed by atoms with van der Waals surface area (Å²) in [6.45, 7) is 5.26. The van der Waals surface area contributed by atoms with Crippen molar-refractivity contribution in [3.63, 3.8) is 0 Å². The average Bonchev–Trinajstić information content (AvgIpc) is 2.68. The maximum atomic E-state index is 12.0. The number of carbonyl (C=O) groups is 1. The zero-order valence-electron chi connectivity index (χ0n) is 10.4. The third kappa shape index (κ3) is 2.57. The molecule has 1 N–H and O–H groups in total. The van der Waals surface area contributed by atoms with Crippen LogP contribution in [0.15, 0.2) is 0 Å². The third-order valence-electron chi connectivity index (χ3n) is 4.09. The zero-order valence-corrected chi connectivity index (χ0v) is 10.4. The monoisotopic (exact) mass is 225 g/mol. The quantitative estimate of drug-likeness (QED) is 0.731. The molecule has 0 amide bonds. The van der Waals surface area contributed by atoms with Crippen molar-refractivity contribution in [3.05, 3.63) is 0 Å². The molecule has 4 atom stereocenters. The first-order chi connectivity index (χ1) is 7.68. The Morgan fingerprint density at radius 1 is 1.12 bits per heavy atom. The van der Waals surface area contributed by atoms with E-state index in [-0.39, 0.29) is 18.1 Å². The second-order valence-corrected chi connectivity index (χ2v) is 5.43. The molecule has 2 fully saturated rings. The van der Waals surface area contributed by atoms with Crippen LogP contribution in [0.25, 0.3) is 0 Å². The van der Waals surface area contributed by atoms with Gasteiger partial charge in [-0.15, -0.1) is 0 Å². The molecule has 0 radical (unpaired) electrons. The van der Waals surface area contributed by atoms with Gasteiger partial charge in [0.25, 0.3) is 0 Å². The van der Waals surface area contributed by atoms with Gasteiger partial charge in [0, 0.05) is 0 Å². The van der Waals surface area contributed by atoms with Gasteiger partial charge in [0.15, 0.2) is 0 Å². The van der Waals surface area contributed by atoms with E-state index in [1.54, 1.807) is 0 Å². The molecule has 4 unspecified atom stereocenters. The normalized spacial score (nSPS) is 39.6. The highest BCUT2D eigenvalue weighted by molar-refractivity contribution is 5.76. The summed E-state index contributed by atoms with van der Waals surface area (Å²) in [6, 6.07) is -0.0610. The molecular weight excluding hydrogens is 202 g/mol. The Labute approximate surface area is 97.9 Å². The minimum atomic E-state index is -0.0610. The molecule has 92 valence electrons. The summed E-state index contributed by atoms with van der Waals surface area (Å²) in [5.41, 5.74) is 0. The first-order valence-electron chi connectivity index (χ1n) is 6.62. The van der Waals surface area contributed by atoms with Gasteiger partial charge in [-0.3, -0.25) is 4.79 Å². The number of hydrogen-bond acceptors (Lipinski definition) is 3. The Balaban J connectivity index is 1.86. The maximum absolute atomic E-state index is 12.0. The van der Waals surface area contributed by atoms with Crippen molar-refractivity contribution in [2.24, 2.45) is 11.8 Å². The molecule has 2 rings (SSSR count). The summed E-state index contributed by atoms with van der Waals surface area (Å²) < 4.78 is 5.66. The Morgan fingerprint density at radius 2 is 1.88 bits per heavy atom. The predicted octanol–water partition coefficient (Wildman–Crippen LogP) is 2.11. The lowest BCUT2D eigenvalue weighted by Crippen LogP contribution is -2.40. The van der Waals surface area contributed by atoms with Crippen LogP contribution in [0.1, 0.15) is 46.0 Å². The molecule has 2 aliphatic rings. The first kappa shape index (κ1) is 11.9. The van der Waals surface area contributed by atoms with Crippen molar-refractivity contribution < 1.29 is 9.53 Å². The minimum absolute atomic E-state index is 0.0243. The molecule has 0 aromatic carbocycles. The van der Waals surface area contributed by atoms with Crippen LogP contribution in [0.3, 0.4) is 0 Å². The summed E-state index contributed by atoms with van der Waals surface area (Å²) >= 11 is 0. The Hall–Kier alpha value is -0.570. The van der Waals surface area contributed by atoms with Crippen LogP contribution in [0.4, 0.5) is 0 Å². The van der Waals surface area contributed by atoms with E-state index in [1.807, 2.05) is 0 Å².